The number of aromatic nitrogens is 1. The lowest BCUT2D eigenvalue weighted by molar-refractivity contribution is -0.126. The molecule has 2 heterocycles. The first-order valence-corrected chi connectivity index (χ1v) is 7.07. The summed E-state index contributed by atoms with van der Waals surface area (Å²) in [5, 5.41) is 8.82. The van der Waals surface area contributed by atoms with E-state index in [4.69, 9.17) is 0 Å². The summed E-state index contributed by atoms with van der Waals surface area (Å²) in [4.78, 5) is 18.8. The highest BCUT2D eigenvalue weighted by molar-refractivity contribution is 7.13. The van der Waals surface area contributed by atoms with Crippen molar-refractivity contribution in [3.05, 3.63) is 11.1 Å². The van der Waals surface area contributed by atoms with Gasteiger partial charge < -0.3 is 10.6 Å². The Balaban J connectivity index is 2.02. The minimum absolute atomic E-state index is 0.0127. The van der Waals surface area contributed by atoms with E-state index in [2.05, 4.69) is 20.5 Å². The van der Waals surface area contributed by atoms with Crippen molar-refractivity contribution in [2.45, 2.75) is 26.3 Å². The van der Waals surface area contributed by atoms with E-state index >= 15 is 0 Å². The molecule has 2 rings (SSSR count). The van der Waals surface area contributed by atoms with Gasteiger partial charge in [0.1, 0.15) is 0 Å². The van der Waals surface area contributed by atoms with E-state index in [-0.39, 0.29) is 5.91 Å². The molecule has 0 saturated carbocycles. The second-order valence-electron chi connectivity index (χ2n) is 5.04. The Morgan fingerprint density at radius 2 is 2.17 bits per heavy atom. The monoisotopic (exact) mass is 268 g/mol. The number of carbonyl (C=O) groups is 1. The van der Waals surface area contributed by atoms with E-state index in [0.29, 0.717) is 5.13 Å². The van der Waals surface area contributed by atoms with Gasteiger partial charge in [0.05, 0.1) is 11.2 Å². The molecule has 2 N–H and O–H groups in total. The van der Waals surface area contributed by atoms with Gasteiger partial charge in [0.2, 0.25) is 5.91 Å². The van der Waals surface area contributed by atoms with Crippen LogP contribution < -0.4 is 10.6 Å². The third kappa shape index (κ3) is 2.88. The van der Waals surface area contributed by atoms with Crippen molar-refractivity contribution in [2.75, 3.05) is 31.5 Å². The first-order chi connectivity index (χ1) is 8.50. The third-order valence-electron chi connectivity index (χ3n) is 3.30. The Morgan fingerprint density at radius 1 is 1.50 bits per heavy atom. The van der Waals surface area contributed by atoms with E-state index in [1.165, 1.54) is 11.3 Å². The molecule has 18 heavy (non-hydrogen) atoms. The molecule has 1 aliphatic heterocycles. The van der Waals surface area contributed by atoms with Gasteiger partial charge in [-0.2, -0.15) is 0 Å². The van der Waals surface area contributed by atoms with Gasteiger partial charge in [0.15, 0.2) is 5.13 Å². The molecule has 1 aromatic rings. The van der Waals surface area contributed by atoms with Crippen LogP contribution in [-0.4, -0.2) is 47.5 Å². The fourth-order valence-electron chi connectivity index (χ4n) is 2.03. The smallest absolute Gasteiger partial charge is 0.246 e. The Bertz CT molecular complexity index is 423. The molecule has 0 radical (unpaired) electrons. The molecule has 1 aromatic heterocycles. The fraction of sp³-hybridized carbons (Fsp3) is 0.667. The lowest BCUT2D eigenvalue weighted by Gasteiger charge is -2.39. The molecular formula is C12H20N4OS. The van der Waals surface area contributed by atoms with Crippen LogP contribution in [0.5, 0.6) is 0 Å². The lowest BCUT2D eigenvalue weighted by Crippen LogP contribution is -2.58. The highest BCUT2D eigenvalue weighted by atomic mass is 32.1. The molecule has 1 fully saturated rings. The number of nitrogens with zero attached hydrogens (tertiary/aromatic N) is 2. The Kier molecular flexibility index (Phi) is 3.99. The Morgan fingerprint density at radius 3 is 2.72 bits per heavy atom. The van der Waals surface area contributed by atoms with Gasteiger partial charge >= 0.3 is 0 Å². The molecule has 5 nitrogen and oxygen atoms in total. The first kappa shape index (κ1) is 13.5. The summed E-state index contributed by atoms with van der Waals surface area (Å²) in [6.45, 7) is 9.53. The van der Waals surface area contributed by atoms with Crippen LogP contribution in [0.25, 0.3) is 0 Å². The summed E-state index contributed by atoms with van der Waals surface area (Å²) in [5.41, 5.74) is 0.442. The average Bonchev–Trinajstić information content (AvgIpc) is 2.76. The van der Waals surface area contributed by atoms with Crippen LogP contribution in [0.3, 0.4) is 0 Å². The molecule has 6 heteroatoms. The summed E-state index contributed by atoms with van der Waals surface area (Å²) in [7, 11) is 0. The fourth-order valence-corrected chi connectivity index (χ4v) is 2.71. The number of hydrogen-bond donors (Lipinski definition) is 2. The number of piperazine rings is 1. The summed E-state index contributed by atoms with van der Waals surface area (Å²) in [6, 6.07) is 0. The van der Waals surface area contributed by atoms with Gasteiger partial charge in [-0.1, -0.05) is 0 Å². The van der Waals surface area contributed by atoms with Crippen molar-refractivity contribution < 1.29 is 4.79 Å². The first-order valence-electron chi connectivity index (χ1n) is 6.19. The van der Waals surface area contributed by atoms with Crippen LogP contribution in [0.2, 0.25) is 0 Å². The molecule has 100 valence electrons. The second kappa shape index (κ2) is 5.34. The Hall–Kier alpha value is -0.980. The molecule has 0 unspecified atom stereocenters. The van der Waals surface area contributed by atoms with Crippen LogP contribution in [0.4, 0.5) is 5.13 Å². The van der Waals surface area contributed by atoms with Crippen LogP contribution in [-0.2, 0) is 4.79 Å². The van der Waals surface area contributed by atoms with Crippen molar-refractivity contribution in [1.29, 1.82) is 0 Å². The normalized spacial score (nSPS) is 17.7. The molecule has 0 atom stereocenters. The van der Waals surface area contributed by atoms with Crippen molar-refractivity contribution >= 4 is 22.4 Å². The van der Waals surface area contributed by atoms with Crippen molar-refractivity contribution in [2.24, 2.45) is 0 Å². The molecule has 0 spiro atoms. The maximum absolute atomic E-state index is 12.3. The van der Waals surface area contributed by atoms with Gasteiger partial charge in [-0.3, -0.25) is 9.69 Å². The van der Waals surface area contributed by atoms with E-state index in [9.17, 15) is 4.79 Å². The van der Waals surface area contributed by atoms with Crippen LogP contribution in [0.1, 0.15) is 19.5 Å². The molecule has 1 saturated heterocycles. The SMILES string of the molecule is Cc1csc(NC(=O)C(C)(C)N2CCNCC2)n1. The van der Waals surface area contributed by atoms with Gasteiger partial charge in [-0.25, -0.2) is 4.98 Å². The number of rotatable bonds is 3. The summed E-state index contributed by atoms with van der Waals surface area (Å²) in [6.07, 6.45) is 0. The molecule has 0 aromatic carbocycles. The average molecular weight is 268 g/mol. The molecule has 1 amide bonds. The maximum Gasteiger partial charge on any atom is 0.246 e. The van der Waals surface area contributed by atoms with Gasteiger partial charge in [0, 0.05) is 31.6 Å². The topological polar surface area (TPSA) is 57.3 Å². The largest absolute Gasteiger partial charge is 0.314 e. The predicted octanol–water partition coefficient (Wildman–Crippen LogP) is 1.07. The maximum atomic E-state index is 12.3. The number of carbonyl (C=O) groups excluding carboxylic acids is 1. The number of hydrogen-bond acceptors (Lipinski definition) is 5. The molecule has 0 bridgehead atoms. The number of nitrogens with one attached hydrogen (secondary N) is 2. The minimum atomic E-state index is -0.498. The van der Waals surface area contributed by atoms with Crippen LogP contribution >= 0.6 is 11.3 Å². The van der Waals surface area contributed by atoms with Crippen molar-refractivity contribution in [3.8, 4) is 0 Å². The molecular weight excluding hydrogens is 248 g/mol. The standard InChI is InChI=1S/C12H20N4OS/c1-9-8-18-11(14-9)15-10(17)12(2,3)16-6-4-13-5-7-16/h8,13H,4-7H2,1-3H3,(H,14,15,17). The predicted molar refractivity (Wildman–Crippen MR) is 74.0 cm³/mol. The molecule has 0 aliphatic carbocycles. The van der Waals surface area contributed by atoms with Crippen LogP contribution in [0.15, 0.2) is 5.38 Å². The lowest BCUT2D eigenvalue weighted by atomic mass is 10.0. The summed E-state index contributed by atoms with van der Waals surface area (Å²) < 4.78 is 0. The van der Waals surface area contributed by atoms with E-state index in [1.54, 1.807) is 0 Å². The summed E-state index contributed by atoms with van der Waals surface area (Å²) in [5.74, 6) is 0.0127. The van der Waals surface area contributed by atoms with Gasteiger partial charge in [-0.05, 0) is 20.8 Å². The zero-order chi connectivity index (χ0) is 13.2. The van der Waals surface area contributed by atoms with Crippen molar-refractivity contribution in [1.82, 2.24) is 15.2 Å². The van der Waals surface area contributed by atoms with E-state index in [1.807, 2.05) is 26.2 Å². The van der Waals surface area contributed by atoms with Crippen molar-refractivity contribution in [3.63, 3.8) is 0 Å². The Labute approximate surface area is 112 Å². The number of anilines is 1. The highest BCUT2D eigenvalue weighted by Crippen LogP contribution is 2.20. The molecule has 1 aliphatic rings. The minimum Gasteiger partial charge on any atom is -0.314 e. The second-order valence-corrected chi connectivity index (χ2v) is 5.90. The zero-order valence-corrected chi connectivity index (χ0v) is 11.9. The number of amides is 1. The highest BCUT2D eigenvalue weighted by Gasteiger charge is 2.35. The third-order valence-corrected chi connectivity index (χ3v) is 4.18. The summed E-state index contributed by atoms with van der Waals surface area (Å²) >= 11 is 1.47. The number of aryl methyl sites for hydroxylation is 1. The van der Waals surface area contributed by atoms with Crippen LogP contribution in [0, 0.1) is 6.92 Å². The van der Waals surface area contributed by atoms with Gasteiger partial charge in [0.25, 0.3) is 0 Å². The van der Waals surface area contributed by atoms with E-state index < -0.39 is 5.54 Å². The quantitative estimate of drug-likeness (QED) is 0.861. The zero-order valence-electron chi connectivity index (χ0n) is 11.1. The van der Waals surface area contributed by atoms with E-state index in [0.717, 1.165) is 31.9 Å². The number of thiazole rings is 1. The van der Waals surface area contributed by atoms with Gasteiger partial charge in [-0.15, -0.1) is 11.3 Å².